The molecule has 2 heterocycles. The maximum atomic E-state index is 12.2. The molecule has 1 amide bonds. The summed E-state index contributed by atoms with van der Waals surface area (Å²) < 4.78 is 0. The van der Waals surface area contributed by atoms with Gasteiger partial charge in [0, 0.05) is 31.7 Å². The highest BCUT2D eigenvalue weighted by Crippen LogP contribution is 2.40. The predicted molar refractivity (Wildman–Crippen MR) is 73.4 cm³/mol. The van der Waals surface area contributed by atoms with Crippen molar-refractivity contribution in [3.63, 3.8) is 0 Å². The second-order valence-corrected chi connectivity index (χ2v) is 6.66. The van der Waals surface area contributed by atoms with Crippen molar-refractivity contribution in [3.05, 3.63) is 0 Å². The first-order valence-electron chi connectivity index (χ1n) is 7.05. The van der Waals surface area contributed by atoms with Gasteiger partial charge in [-0.15, -0.1) is 0 Å². The number of rotatable bonds is 3. The van der Waals surface area contributed by atoms with Gasteiger partial charge in [0.1, 0.15) is 0 Å². The van der Waals surface area contributed by atoms with Crippen molar-refractivity contribution in [2.24, 2.45) is 11.8 Å². The molecule has 0 aromatic rings. The molecule has 2 aliphatic heterocycles. The van der Waals surface area contributed by atoms with E-state index in [2.05, 4.69) is 37.9 Å². The first kappa shape index (κ1) is 13.8. The molecule has 0 aromatic carbocycles. The van der Waals surface area contributed by atoms with Gasteiger partial charge in [-0.3, -0.25) is 9.69 Å². The Morgan fingerprint density at radius 2 is 2.11 bits per heavy atom. The Kier molecular flexibility index (Phi) is 3.70. The van der Waals surface area contributed by atoms with Crippen LogP contribution in [0, 0.1) is 11.8 Å². The Labute approximate surface area is 111 Å². The molecule has 1 N–H and O–H groups in total. The average Bonchev–Trinajstić information content (AvgIpc) is 2.82. The van der Waals surface area contributed by atoms with Crippen LogP contribution in [0.25, 0.3) is 0 Å². The minimum Gasteiger partial charge on any atom is -0.342 e. The lowest BCUT2D eigenvalue weighted by Gasteiger charge is -2.36. The Bertz CT molecular complexity index is 327. The number of nitrogens with one attached hydrogen (secondary N) is 1. The van der Waals surface area contributed by atoms with Crippen LogP contribution in [0.15, 0.2) is 0 Å². The lowest BCUT2D eigenvalue weighted by Crippen LogP contribution is -2.49. The zero-order valence-electron chi connectivity index (χ0n) is 12.4. The molecule has 2 aliphatic rings. The van der Waals surface area contributed by atoms with E-state index >= 15 is 0 Å². The molecule has 2 fully saturated rings. The van der Waals surface area contributed by atoms with Gasteiger partial charge >= 0.3 is 0 Å². The smallest absolute Gasteiger partial charge is 0.236 e. The molecule has 2 unspecified atom stereocenters. The van der Waals surface area contributed by atoms with Crippen LogP contribution >= 0.6 is 0 Å². The summed E-state index contributed by atoms with van der Waals surface area (Å²) in [5, 5.41) is 3.47. The number of carbonyl (C=O) groups is 1. The Morgan fingerprint density at radius 3 is 2.67 bits per heavy atom. The van der Waals surface area contributed by atoms with Gasteiger partial charge in [-0.2, -0.15) is 0 Å². The maximum absolute atomic E-state index is 12.2. The molecule has 0 saturated carbocycles. The number of nitrogens with zero attached hydrogens (tertiary/aromatic N) is 2. The summed E-state index contributed by atoms with van der Waals surface area (Å²) in [7, 11) is 1.90. The fraction of sp³-hybridized carbons (Fsp3) is 0.929. The van der Waals surface area contributed by atoms with Gasteiger partial charge in [-0.1, -0.05) is 0 Å². The van der Waals surface area contributed by atoms with Crippen LogP contribution in [0.5, 0.6) is 0 Å². The van der Waals surface area contributed by atoms with Gasteiger partial charge in [0.2, 0.25) is 5.91 Å². The van der Waals surface area contributed by atoms with Crippen molar-refractivity contribution in [3.8, 4) is 0 Å². The van der Waals surface area contributed by atoms with E-state index in [1.165, 1.54) is 0 Å². The molecule has 18 heavy (non-hydrogen) atoms. The standard InChI is InChI=1S/C14H27N3O/c1-10(2)16(5)13(18)9-17-8-11-6-15-7-12(11)14(17,3)4/h10-12,15H,6-9H2,1-5H3. The van der Waals surface area contributed by atoms with E-state index in [0.717, 1.165) is 25.6 Å². The first-order valence-corrected chi connectivity index (χ1v) is 7.05. The molecule has 104 valence electrons. The molecule has 0 bridgehead atoms. The number of carbonyl (C=O) groups excluding carboxylic acids is 1. The van der Waals surface area contributed by atoms with Crippen molar-refractivity contribution in [1.82, 2.24) is 15.1 Å². The van der Waals surface area contributed by atoms with Crippen molar-refractivity contribution in [1.29, 1.82) is 0 Å². The third kappa shape index (κ3) is 2.28. The van der Waals surface area contributed by atoms with Crippen molar-refractivity contribution in [2.75, 3.05) is 33.2 Å². The molecule has 0 spiro atoms. The lowest BCUT2D eigenvalue weighted by atomic mass is 9.85. The fourth-order valence-electron chi connectivity index (χ4n) is 3.34. The van der Waals surface area contributed by atoms with Crippen LogP contribution in [-0.2, 0) is 4.79 Å². The van der Waals surface area contributed by atoms with Gasteiger partial charge in [0.15, 0.2) is 0 Å². The average molecular weight is 253 g/mol. The van der Waals surface area contributed by atoms with E-state index < -0.39 is 0 Å². The van der Waals surface area contributed by atoms with Gasteiger partial charge in [0.25, 0.3) is 0 Å². The second-order valence-electron chi connectivity index (χ2n) is 6.66. The van der Waals surface area contributed by atoms with E-state index in [-0.39, 0.29) is 17.5 Å². The summed E-state index contributed by atoms with van der Waals surface area (Å²) in [6, 6.07) is 0.282. The highest BCUT2D eigenvalue weighted by molar-refractivity contribution is 5.78. The van der Waals surface area contributed by atoms with Gasteiger partial charge in [0.05, 0.1) is 6.54 Å². The SMILES string of the molecule is CC(C)N(C)C(=O)CN1CC2CNCC2C1(C)C. The third-order valence-corrected chi connectivity index (χ3v) is 5.01. The summed E-state index contributed by atoms with van der Waals surface area (Å²) in [6.07, 6.45) is 0. The molecular weight excluding hydrogens is 226 g/mol. The minimum absolute atomic E-state index is 0.141. The third-order valence-electron chi connectivity index (χ3n) is 5.01. The van der Waals surface area contributed by atoms with Crippen molar-refractivity contribution >= 4 is 5.91 Å². The normalized spacial score (nSPS) is 30.8. The zero-order valence-corrected chi connectivity index (χ0v) is 12.4. The second kappa shape index (κ2) is 4.82. The number of hydrogen-bond donors (Lipinski definition) is 1. The molecule has 4 nitrogen and oxygen atoms in total. The molecule has 0 aromatic heterocycles. The van der Waals surface area contributed by atoms with Crippen LogP contribution in [0.2, 0.25) is 0 Å². The fourth-order valence-corrected chi connectivity index (χ4v) is 3.34. The molecule has 0 aliphatic carbocycles. The van der Waals surface area contributed by atoms with Crippen LogP contribution in [-0.4, -0.2) is 60.5 Å². The van der Waals surface area contributed by atoms with E-state index in [9.17, 15) is 4.79 Å². The van der Waals surface area contributed by atoms with E-state index in [1.807, 2.05) is 11.9 Å². The molecule has 2 rings (SSSR count). The van der Waals surface area contributed by atoms with Crippen LogP contribution in [0.1, 0.15) is 27.7 Å². The summed E-state index contributed by atoms with van der Waals surface area (Å²) >= 11 is 0. The van der Waals surface area contributed by atoms with Gasteiger partial charge in [-0.25, -0.2) is 0 Å². The van der Waals surface area contributed by atoms with Crippen LogP contribution in [0.4, 0.5) is 0 Å². The van der Waals surface area contributed by atoms with E-state index in [4.69, 9.17) is 0 Å². The van der Waals surface area contributed by atoms with Crippen molar-refractivity contribution < 1.29 is 4.79 Å². The quantitative estimate of drug-likeness (QED) is 0.807. The number of likely N-dealkylation sites (tertiary alicyclic amines) is 1. The molecule has 2 atom stereocenters. The summed E-state index contributed by atoms with van der Waals surface area (Å²) in [5.41, 5.74) is 0.141. The monoisotopic (exact) mass is 253 g/mol. The summed E-state index contributed by atoms with van der Waals surface area (Å²) in [4.78, 5) is 16.4. The predicted octanol–water partition coefficient (Wildman–Crippen LogP) is 0.783. The number of likely N-dealkylation sites (N-methyl/N-ethyl adjacent to an activating group) is 1. The highest BCUT2D eigenvalue weighted by Gasteiger charge is 2.49. The van der Waals surface area contributed by atoms with E-state index in [1.54, 1.807) is 0 Å². The zero-order chi connectivity index (χ0) is 13.5. The molecule has 4 heteroatoms. The maximum Gasteiger partial charge on any atom is 0.236 e. The minimum atomic E-state index is 0.141. The van der Waals surface area contributed by atoms with Crippen LogP contribution < -0.4 is 5.32 Å². The Balaban J connectivity index is 2.00. The largest absolute Gasteiger partial charge is 0.342 e. The summed E-state index contributed by atoms with van der Waals surface area (Å²) in [6.45, 7) is 12.5. The molecular formula is C14H27N3O. The van der Waals surface area contributed by atoms with Crippen LogP contribution in [0.3, 0.4) is 0 Å². The Hall–Kier alpha value is -0.610. The number of hydrogen-bond acceptors (Lipinski definition) is 3. The highest BCUT2D eigenvalue weighted by atomic mass is 16.2. The van der Waals surface area contributed by atoms with Crippen molar-refractivity contribution in [2.45, 2.75) is 39.3 Å². The van der Waals surface area contributed by atoms with Gasteiger partial charge < -0.3 is 10.2 Å². The van der Waals surface area contributed by atoms with Gasteiger partial charge in [-0.05, 0) is 46.1 Å². The molecule has 2 saturated heterocycles. The first-order chi connectivity index (χ1) is 8.34. The topological polar surface area (TPSA) is 35.6 Å². The lowest BCUT2D eigenvalue weighted by molar-refractivity contribution is -0.133. The molecule has 0 radical (unpaired) electrons. The number of fused-ring (bicyclic) bond motifs is 1. The summed E-state index contributed by atoms with van der Waals surface area (Å²) in [5.74, 6) is 1.65. The number of amides is 1. The van der Waals surface area contributed by atoms with E-state index in [0.29, 0.717) is 12.5 Å². The Morgan fingerprint density at radius 1 is 1.44 bits per heavy atom.